The Morgan fingerprint density at radius 1 is 1.11 bits per heavy atom. The van der Waals surface area contributed by atoms with E-state index in [-0.39, 0.29) is 16.9 Å². The highest BCUT2D eigenvalue weighted by Gasteiger charge is 2.16. The van der Waals surface area contributed by atoms with Crippen LogP contribution in [-0.2, 0) is 0 Å². The quantitative estimate of drug-likeness (QED) is 0.481. The van der Waals surface area contributed by atoms with E-state index in [0.29, 0.717) is 17.0 Å². The molecule has 0 saturated heterocycles. The van der Waals surface area contributed by atoms with Crippen LogP contribution in [0, 0.1) is 20.8 Å². The lowest BCUT2D eigenvalue weighted by Gasteiger charge is -2.05. The zero-order valence-corrected chi connectivity index (χ0v) is 16.2. The van der Waals surface area contributed by atoms with Crippen LogP contribution in [0.15, 0.2) is 52.4 Å². The lowest BCUT2D eigenvalue weighted by molar-refractivity contribution is 0.0954. The molecule has 0 radical (unpaired) electrons. The van der Waals surface area contributed by atoms with Crippen LogP contribution in [0.1, 0.15) is 39.7 Å². The van der Waals surface area contributed by atoms with Crippen LogP contribution in [0.25, 0.3) is 5.69 Å². The summed E-state index contributed by atoms with van der Waals surface area (Å²) >= 11 is 0. The number of carbonyl (C=O) groups is 1. The Balaban J connectivity index is 1.90. The van der Waals surface area contributed by atoms with Gasteiger partial charge in [0.15, 0.2) is 0 Å². The van der Waals surface area contributed by atoms with Gasteiger partial charge in [-0.15, -0.1) is 0 Å². The fraction of sp³-hybridized carbons (Fsp3) is 0.190. The molecule has 0 aliphatic carbocycles. The van der Waals surface area contributed by atoms with Gasteiger partial charge >= 0.3 is 0 Å². The number of hydrogen-bond acceptors (Lipinski definition) is 4. The largest absolute Gasteiger partial charge is 0.508 e. The van der Waals surface area contributed by atoms with E-state index < -0.39 is 5.91 Å². The average molecular weight is 378 g/mol. The lowest BCUT2D eigenvalue weighted by atomic mass is 10.1. The summed E-state index contributed by atoms with van der Waals surface area (Å²) in [6, 6.07) is 11.7. The Hall–Kier alpha value is -3.61. The third-order valence-electron chi connectivity index (χ3n) is 4.62. The monoisotopic (exact) mass is 378 g/mol. The van der Waals surface area contributed by atoms with Crippen molar-refractivity contribution in [1.29, 1.82) is 0 Å². The number of H-pyrrole nitrogens is 1. The molecule has 7 nitrogen and oxygen atoms in total. The minimum Gasteiger partial charge on any atom is -0.508 e. The number of carbonyl (C=O) groups excluding carboxylic acids is 1. The summed E-state index contributed by atoms with van der Waals surface area (Å²) in [6.45, 7) is 7.44. The number of phenolic OH excluding ortho intramolecular Hbond substituents is 1. The number of aryl methyl sites for hydroxylation is 3. The average Bonchev–Trinajstić information content (AvgIpc) is 2.96. The topological polar surface area (TPSA) is 99.5 Å². The summed E-state index contributed by atoms with van der Waals surface area (Å²) in [5.41, 5.74) is 6.85. The SMILES string of the molecule is C/C(=N/NC(=O)c1cccc(O)c1)c1c(C)[nH]n(-c2ccc(C)c(C)c2)c1=O. The molecule has 0 aliphatic rings. The first-order chi connectivity index (χ1) is 13.3. The minimum absolute atomic E-state index is 0.00823. The molecule has 0 atom stereocenters. The first-order valence-electron chi connectivity index (χ1n) is 8.81. The molecule has 0 saturated carbocycles. The van der Waals surface area contributed by atoms with Crippen molar-refractivity contribution in [3.8, 4) is 11.4 Å². The van der Waals surface area contributed by atoms with Gasteiger partial charge in [-0.3, -0.25) is 14.7 Å². The van der Waals surface area contributed by atoms with Crippen molar-refractivity contribution in [2.45, 2.75) is 27.7 Å². The number of benzene rings is 2. The number of aromatic hydroxyl groups is 1. The molecule has 3 N–H and O–H groups in total. The van der Waals surface area contributed by atoms with Crippen molar-refractivity contribution in [2.75, 3.05) is 0 Å². The smallest absolute Gasteiger partial charge is 0.280 e. The third kappa shape index (κ3) is 3.73. The Morgan fingerprint density at radius 2 is 1.86 bits per heavy atom. The fourth-order valence-electron chi connectivity index (χ4n) is 2.92. The van der Waals surface area contributed by atoms with E-state index in [9.17, 15) is 14.7 Å². The van der Waals surface area contributed by atoms with Crippen molar-refractivity contribution in [3.63, 3.8) is 0 Å². The summed E-state index contributed by atoms with van der Waals surface area (Å²) < 4.78 is 1.47. The van der Waals surface area contributed by atoms with Crippen LogP contribution in [-0.4, -0.2) is 26.5 Å². The summed E-state index contributed by atoms with van der Waals surface area (Å²) in [7, 11) is 0. The second-order valence-electron chi connectivity index (χ2n) is 6.71. The van der Waals surface area contributed by atoms with Gasteiger partial charge in [-0.1, -0.05) is 12.1 Å². The van der Waals surface area contributed by atoms with E-state index in [0.717, 1.165) is 16.8 Å². The highest BCUT2D eigenvalue weighted by atomic mass is 16.3. The van der Waals surface area contributed by atoms with E-state index in [1.54, 1.807) is 26.0 Å². The fourth-order valence-corrected chi connectivity index (χ4v) is 2.92. The van der Waals surface area contributed by atoms with E-state index in [1.807, 2.05) is 32.0 Å². The molecule has 28 heavy (non-hydrogen) atoms. The first kappa shape index (κ1) is 19.2. The molecule has 2 aromatic carbocycles. The number of aromatic amines is 1. The summed E-state index contributed by atoms with van der Waals surface area (Å²) in [6.07, 6.45) is 0. The molecule has 1 heterocycles. The second kappa shape index (κ2) is 7.56. The molecule has 3 rings (SSSR count). The van der Waals surface area contributed by atoms with Crippen LogP contribution < -0.4 is 11.0 Å². The maximum absolute atomic E-state index is 12.9. The first-order valence-corrected chi connectivity index (χ1v) is 8.81. The molecule has 7 heteroatoms. The van der Waals surface area contributed by atoms with Gasteiger partial charge in [-0.25, -0.2) is 10.1 Å². The van der Waals surface area contributed by atoms with Gasteiger partial charge in [0.05, 0.1) is 17.0 Å². The zero-order chi connectivity index (χ0) is 20.4. The van der Waals surface area contributed by atoms with Crippen LogP contribution in [0.2, 0.25) is 0 Å². The lowest BCUT2D eigenvalue weighted by Crippen LogP contribution is -2.23. The van der Waals surface area contributed by atoms with Crippen LogP contribution >= 0.6 is 0 Å². The predicted molar refractivity (Wildman–Crippen MR) is 108 cm³/mol. The van der Waals surface area contributed by atoms with Gasteiger partial charge in [0.25, 0.3) is 11.5 Å². The predicted octanol–water partition coefficient (Wildman–Crippen LogP) is 2.95. The van der Waals surface area contributed by atoms with Crippen molar-refractivity contribution in [3.05, 3.63) is 80.8 Å². The van der Waals surface area contributed by atoms with Crippen molar-refractivity contribution in [2.24, 2.45) is 5.10 Å². The number of amides is 1. The normalized spacial score (nSPS) is 11.5. The zero-order valence-electron chi connectivity index (χ0n) is 16.2. The van der Waals surface area contributed by atoms with Gasteiger partial charge < -0.3 is 5.11 Å². The van der Waals surface area contributed by atoms with Crippen LogP contribution in [0.3, 0.4) is 0 Å². The highest BCUT2D eigenvalue weighted by Crippen LogP contribution is 2.14. The highest BCUT2D eigenvalue weighted by molar-refractivity contribution is 6.01. The van der Waals surface area contributed by atoms with Gasteiger partial charge in [0.2, 0.25) is 0 Å². The Labute approximate surface area is 162 Å². The van der Waals surface area contributed by atoms with Gasteiger partial charge in [-0.05, 0) is 69.2 Å². The summed E-state index contributed by atoms with van der Waals surface area (Å²) in [4.78, 5) is 25.1. The van der Waals surface area contributed by atoms with Crippen molar-refractivity contribution < 1.29 is 9.90 Å². The molecule has 1 aromatic heterocycles. The number of hydrazone groups is 1. The van der Waals surface area contributed by atoms with E-state index >= 15 is 0 Å². The molecule has 3 aromatic rings. The Kier molecular flexibility index (Phi) is 5.17. The van der Waals surface area contributed by atoms with E-state index in [4.69, 9.17) is 0 Å². The second-order valence-corrected chi connectivity index (χ2v) is 6.71. The number of rotatable bonds is 4. The molecule has 0 aliphatic heterocycles. The van der Waals surface area contributed by atoms with E-state index in [2.05, 4.69) is 15.6 Å². The number of hydrogen-bond donors (Lipinski definition) is 3. The number of phenols is 1. The molecular weight excluding hydrogens is 356 g/mol. The molecule has 0 fully saturated rings. The summed E-state index contributed by atoms with van der Waals surface area (Å²) in [5.74, 6) is -0.482. The molecule has 0 spiro atoms. The molecule has 144 valence electrons. The maximum Gasteiger partial charge on any atom is 0.280 e. The number of nitrogens with zero attached hydrogens (tertiary/aromatic N) is 2. The third-order valence-corrected chi connectivity index (χ3v) is 4.62. The summed E-state index contributed by atoms with van der Waals surface area (Å²) in [5, 5.41) is 16.6. The van der Waals surface area contributed by atoms with Crippen LogP contribution in [0.5, 0.6) is 5.75 Å². The Morgan fingerprint density at radius 3 is 2.54 bits per heavy atom. The molecule has 0 unspecified atom stereocenters. The molecule has 0 bridgehead atoms. The molecule has 1 amide bonds. The Bertz CT molecular complexity index is 1140. The molecular formula is C21H22N4O3. The van der Waals surface area contributed by atoms with Crippen molar-refractivity contribution >= 4 is 11.6 Å². The number of nitrogens with one attached hydrogen (secondary N) is 2. The standard InChI is InChI=1S/C21H22N4O3/c1-12-8-9-17(10-13(12)2)25-21(28)19(15(4)24-25)14(3)22-23-20(27)16-6-5-7-18(26)11-16/h5-11,24,26H,1-4H3,(H,23,27)/b22-14-. The maximum atomic E-state index is 12.9. The van der Waals surface area contributed by atoms with Crippen LogP contribution in [0.4, 0.5) is 0 Å². The number of aromatic nitrogens is 2. The van der Waals surface area contributed by atoms with E-state index in [1.165, 1.54) is 16.8 Å². The van der Waals surface area contributed by atoms with Crippen molar-refractivity contribution in [1.82, 2.24) is 15.2 Å². The van der Waals surface area contributed by atoms with Gasteiger partial charge in [0, 0.05) is 11.3 Å². The minimum atomic E-state index is -0.474. The van der Waals surface area contributed by atoms with Gasteiger partial charge in [-0.2, -0.15) is 5.10 Å². The van der Waals surface area contributed by atoms with Gasteiger partial charge in [0.1, 0.15) is 5.75 Å².